The first kappa shape index (κ1) is 28.3. The zero-order chi connectivity index (χ0) is 26.0. The Kier molecular flexibility index (Phi) is 10.7. The molecule has 0 unspecified atom stereocenters. The van der Waals surface area contributed by atoms with Gasteiger partial charge in [-0.15, -0.1) is 0 Å². The number of hydrogen-bond donors (Lipinski definition) is 2. The predicted molar refractivity (Wildman–Crippen MR) is 136 cm³/mol. The largest absolute Gasteiger partial charge is 0.497 e. The predicted octanol–water partition coefficient (Wildman–Crippen LogP) is 3.12. The van der Waals surface area contributed by atoms with Crippen molar-refractivity contribution in [1.29, 1.82) is 0 Å². The summed E-state index contributed by atoms with van der Waals surface area (Å²) in [6.45, 7) is 8.62. The molecule has 35 heavy (non-hydrogen) atoms. The van der Waals surface area contributed by atoms with Crippen molar-refractivity contribution in [2.75, 3.05) is 20.2 Å². The fourth-order valence-electron chi connectivity index (χ4n) is 3.47. The monoisotopic (exact) mass is 503 g/mol. The van der Waals surface area contributed by atoms with E-state index in [2.05, 4.69) is 10.0 Å². The van der Waals surface area contributed by atoms with Crippen molar-refractivity contribution in [2.45, 2.75) is 58.0 Å². The second-order valence-corrected chi connectivity index (χ2v) is 10.6. The lowest BCUT2D eigenvalue weighted by atomic mass is 10.1. The summed E-state index contributed by atoms with van der Waals surface area (Å²) in [6, 6.07) is 13.3. The van der Waals surface area contributed by atoms with E-state index < -0.39 is 16.1 Å². The van der Waals surface area contributed by atoms with Gasteiger partial charge in [0.1, 0.15) is 11.8 Å². The van der Waals surface area contributed by atoms with Crippen LogP contribution in [0.3, 0.4) is 0 Å². The van der Waals surface area contributed by atoms with Crippen LogP contribution in [0, 0.1) is 5.92 Å². The molecule has 0 heterocycles. The van der Waals surface area contributed by atoms with E-state index >= 15 is 0 Å². The molecule has 2 N–H and O–H groups in total. The molecule has 0 radical (unpaired) electrons. The Balaban J connectivity index is 2.13. The van der Waals surface area contributed by atoms with Gasteiger partial charge in [0.05, 0.1) is 12.0 Å². The molecule has 2 aromatic carbocycles. The molecule has 2 aromatic rings. The molecule has 0 aliphatic carbocycles. The number of sulfonamides is 1. The number of nitrogens with zero attached hydrogens (tertiary/aromatic N) is 1. The van der Waals surface area contributed by atoms with Crippen LogP contribution in [0.4, 0.5) is 0 Å². The maximum atomic E-state index is 13.3. The fraction of sp³-hybridized carbons (Fsp3) is 0.462. The van der Waals surface area contributed by atoms with Crippen molar-refractivity contribution >= 4 is 21.8 Å². The zero-order valence-corrected chi connectivity index (χ0v) is 22.0. The summed E-state index contributed by atoms with van der Waals surface area (Å²) in [4.78, 5) is 27.8. The summed E-state index contributed by atoms with van der Waals surface area (Å²) in [5.41, 5.74) is 1.73. The first-order valence-corrected chi connectivity index (χ1v) is 13.3. The molecule has 8 nitrogen and oxygen atoms in total. The lowest BCUT2D eigenvalue weighted by molar-refractivity contribution is -0.140. The quantitative estimate of drug-likeness (QED) is 0.437. The second-order valence-electron chi connectivity index (χ2n) is 8.83. The summed E-state index contributed by atoms with van der Waals surface area (Å²) >= 11 is 0. The Labute approximate surface area is 209 Å². The highest BCUT2D eigenvalue weighted by molar-refractivity contribution is 7.89. The maximum absolute atomic E-state index is 13.3. The van der Waals surface area contributed by atoms with E-state index in [1.54, 1.807) is 38.0 Å². The standard InChI is InChI=1S/C26H37N3O5S/c1-6-28-35(32,33)24-14-9-21(10-15-24)11-16-25(30)29(20(4)26(31)27-17-19(2)3)18-22-7-12-23(34-5)13-8-22/h7-10,12-15,19-20,28H,6,11,16-18H2,1-5H3,(H,27,31)/t20-/m1/s1. The Morgan fingerprint density at radius 3 is 2.11 bits per heavy atom. The van der Waals surface area contributed by atoms with Gasteiger partial charge in [-0.05, 0) is 54.7 Å². The smallest absolute Gasteiger partial charge is 0.242 e. The Hall–Kier alpha value is -2.91. The minimum Gasteiger partial charge on any atom is -0.497 e. The van der Waals surface area contributed by atoms with Crippen LogP contribution in [0.25, 0.3) is 0 Å². The summed E-state index contributed by atoms with van der Waals surface area (Å²) in [6.07, 6.45) is 0.622. The highest BCUT2D eigenvalue weighted by atomic mass is 32.2. The molecule has 0 aromatic heterocycles. The van der Waals surface area contributed by atoms with Gasteiger partial charge in [0.25, 0.3) is 0 Å². The minimum atomic E-state index is -3.52. The second kappa shape index (κ2) is 13.3. The average molecular weight is 504 g/mol. The number of rotatable bonds is 13. The van der Waals surface area contributed by atoms with Crippen molar-refractivity contribution in [1.82, 2.24) is 14.9 Å². The molecule has 2 rings (SSSR count). The zero-order valence-electron chi connectivity index (χ0n) is 21.2. The van der Waals surface area contributed by atoms with Crippen molar-refractivity contribution in [2.24, 2.45) is 5.92 Å². The number of aryl methyl sites for hydroxylation is 1. The van der Waals surface area contributed by atoms with Gasteiger partial charge in [-0.2, -0.15) is 0 Å². The van der Waals surface area contributed by atoms with E-state index in [4.69, 9.17) is 4.74 Å². The number of carbonyl (C=O) groups is 2. The molecule has 0 spiro atoms. The Morgan fingerprint density at radius 1 is 0.971 bits per heavy atom. The molecule has 192 valence electrons. The van der Waals surface area contributed by atoms with Crippen LogP contribution in [0.1, 0.15) is 45.2 Å². The van der Waals surface area contributed by atoms with Crippen LogP contribution in [-0.2, 0) is 32.6 Å². The normalized spacial score (nSPS) is 12.3. The van der Waals surface area contributed by atoms with Gasteiger partial charge >= 0.3 is 0 Å². The van der Waals surface area contributed by atoms with Crippen LogP contribution in [0.15, 0.2) is 53.4 Å². The fourth-order valence-corrected chi connectivity index (χ4v) is 4.51. The molecule has 0 saturated carbocycles. The number of nitrogens with one attached hydrogen (secondary N) is 2. The van der Waals surface area contributed by atoms with Gasteiger partial charge in [0.15, 0.2) is 0 Å². The van der Waals surface area contributed by atoms with Crippen LogP contribution in [-0.4, -0.2) is 51.4 Å². The van der Waals surface area contributed by atoms with Gasteiger partial charge in [0.2, 0.25) is 21.8 Å². The molecule has 0 bridgehead atoms. The van der Waals surface area contributed by atoms with E-state index in [0.717, 1.165) is 11.1 Å². The lowest BCUT2D eigenvalue weighted by Gasteiger charge is -2.29. The molecular formula is C26H37N3O5S. The third kappa shape index (κ3) is 8.67. The van der Waals surface area contributed by atoms with Crippen LogP contribution in [0.2, 0.25) is 0 Å². The van der Waals surface area contributed by atoms with Crippen molar-refractivity contribution in [3.63, 3.8) is 0 Å². The Bertz CT molecular complexity index is 1070. The van der Waals surface area contributed by atoms with E-state index in [1.807, 2.05) is 38.1 Å². The highest BCUT2D eigenvalue weighted by Gasteiger charge is 2.26. The number of carbonyl (C=O) groups excluding carboxylic acids is 2. The van der Waals surface area contributed by atoms with Crippen molar-refractivity contribution < 1.29 is 22.7 Å². The van der Waals surface area contributed by atoms with Gasteiger partial charge in [-0.25, -0.2) is 13.1 Å². The van der Waals surface area contributed by atoms with Gasteiger partial charge in [-0.1, -0.05) is 45.0 Å². The highest BCUT2D eigenvalue weighted by Crippen LogP contribution is 2.17. The number of benzene rings is 2. The van der Waals surface area contributed by atoms with Gasteiger partial charge < -0.3 is 15.0 Å². The molecule has 2 amide bonds. The molecule has 1 atom stereocenters. The average Bonchev–Trinajstić information content (AvgIpc) is 2.84. The molecule has 0 aliphatic rings. The third-order valence-corrected chi connectivity index (χ3v) is 7.12. The Morgan fingerprint density at radius 2 is 1.57 bits per heavy atom. The number of hydrogen-bond acceptors (Lipinski definition) is 5. The first-order valence-electron chi connectivity index (χ1n) is 11.9. The van der Waals surface area contributed by atoms with Crippen LogP contribution < -0.4 is 14.8 Å². The van der Waals surface area contributed by atoms with Crippen LogP contribution in [0.5, 0.6) is 5.75 Å². The van der Waals surface area contributed by atoms with Crippen molar-refractivity contribution in [3.05, 3.63) is 59.7 Å². The van der Waals surface area contributed by atoms with Crippen molar-refractivity contribution in [3.8, 4) is 5.75 Å². The number of ether oxygens (including phenoxy) is 1. The SMILES string of the molecule is CCNS(=O)(=O)c1ccc(CCC(=O)N(Cc2ccc(OC)cc2)[C@H](C)C(=O)NCC(C)C)cc1. The molecular weight excluding hydrogens is 466 g/mol. The summed E-state index contributed by atoms with van der Waals surface area (Å²) in [5, 5.41) is 2.91. The van der Waals surface area contributed by atoms with Gasteiger partial charge in [0, 0.05) is 26.1 Å². The van der Waals surface area contributed by atoms with E-state index in [-0.39, 0.29) is 23.1 Å². The summed E-state index contributed by atoms with van der Waals surface area (Å²) < 4.78 is 31.9. The topological polar surface area (TPSA) is 105 Å². The maximum Gasteiger partial charge on any atom is 0.242 e. The first-order chi connectivity index (χ1) is 16.6. The molecule has 0 fully saturated rings. The van der Waals surface area contributed by atoms with Gasteiger partial charge in [-0.3, -0.25) is 9.59 Å². The van der Waals surface area contributed by atoms with E-state index in [0.29, 0.717) is 37.7 Å². The minimum absolute atomic E-state index is 0.155. The number of methoxy groups -OCH3 is 1. The summed E-state index contributed by atoms with van der Waals surface area (Å²) in [7, 11) is -1.93. The van der Waals surface area contributed by atoms with E-state index in [9.17, 15) is 18.0 Å². The molecule has 0 saturated heterocycles. The number of amides is 2. The summed E-state index contributed by atoms with van der Waals surface area (Å²) in [5.74, 6) is 0.668. The lowest BCUT2D eigenvalue weighted by Crippen LogP contribution is -2.48. The molecule has 0 aliphatic heterocycles. The van der Waals surface area contributed by atoms with Crippen LogP contribution >= 0.6 is 0 Å². The molecule has 9 heteroatoms. The van der Waals surface area contributed by atoms with E-state index in [1.165, 1.54) is 12.1 Å². The third-order valence-electron chi connectivity index (χ3n) is 5.56.